The summed E-state index contributed by atoms with van der Waals surface area (Å²) in [6.07, 6.45) is 0. The Morgan fingerprint density at radius 3 is 2.26 bits per heavy atom. The summed E-state index contributed by atoms with van der Waals surface area (Å²) in [6.45, 7) is 8.05. The van der Waals surface area contributed by atoms with E-state index in [4.69, 9.17) is 0 Å². The Balaban J connectivity index is 1.80. The van der Waals surface area contributed by atoms with E-state index in [9.17, 15) is 4.79 Å². The van der Waals surface area contributed by atoms with Crippen molar-refractivity contribution in [3.05, 3.63) is 93.2 Å². The molecule has 0 atom stereocenters. The van der Waals surface area contributed by atoms with Crippen LogP contribution in [0.2, 0.25) is 0 Å². The first-order valence-electron chi connectivity index (χ1n) is 10.0. The number of carbonyl (C=O) groups excluding carboxylic acids is 1. The molecule has 0 fully saturated rings. The van der Waals surface area contributed by atoms with Crippen molar-refractivity contribution >= 4 is 27.5 Å². The third-order valence-electron chi connectivity index (χ3n) is 5.14. The van der Waals surface area contributed by atoms with Gasteiger partial charge in [0, 0.05) is 15.7 Å². The Morgan fingerprint density at radius 2 is 1.55 bits per heavy atom. The predicted molar refractivity (Wildman–Crippen MR) is 128 cm³/mol. The summed E-state index contributed by atoms with van der Waals surface area (Å²) in [6, 6.07) is 19.9. The Hall–Kier alpha value is -3.25. The van der Waals surface area contributed by atoms with Gasteiger partial charge in [-0.1, -0.05) is 57.9 Å². The minimum atomic E-state index is -0.339. The normalized spacial score (nSPS) is 10.9. The molecule has 0 unspecified atom stereocenters. The van der Waals surface area contributed by atoms with Gasteiger partial charge in [-0.3, -0.25) is 4.79 Å². The van der Waals surface area contributed by atoms with Gasteiger partial charge in [-0.2, -0.15) is 0 Å². The van der Waals surface area contributed by atoms with E-state index in [1.807, 2.05) is 76.2 Å². The van der Waals surface area contributed by atoms with E-state index >= 15 is 0 Å². The lowest BCUT2D eigenvalue weighted by Gasteiger charge is -2.10. The summed E-state index contributed by atoms with van der Waals surface area (Å²) in [4.78, 5) is 17.7. The van der Waals surface area contributed by atoms with Crippen LogP contribution in [-0.4, -0.2) is 20.7 Å². The predicted octanol–water partition coefficient (Wildman–Crippen LogP) is 6.18. The maximum atomic E-state index is 13.0. The number of benzene rings is 3. The number of carbonyl (C=O) groups is 1. The molecule has 6 heteroatoms. The highest BCUT2D eigenvalue weighted by atomic mass is 79.9. The molecule has 0 bridgehead atoms. The van der Waals surface area contributed by atoms with Crippen molar-refractivity contribution in [3.63, 3.8) is 0 Å². The van der Waals surface area contributed by atoms with Crippen molar-refractivity contribution in [2.75, 3.05) is 5.32 Å². The van der Waals surface area contributed by atoms with Gasteiger partial charge in [0.2, 0.25) is 5.82 Å². The average molecular weight is 475 g/mol. The minimum Gasteiger partial charge on any atom is -0.319 e. The number of amides is 1. The van der Waals surface area contributed by atoms with E-state index in [2.05, 4.69) is 43.5 Å². The SMILES string of the molecule is Cc1ccc(NC(=O)c2nc(-c3ccc(Br)cc3)n(-c3cc(C)ccc3C)n2)c(C)c1. The fraction of sp³-hybridized carbons (Fsp3) is 0.160. The standard InChI is InChI=1S/C25H23BrN4O/c1-15-6-12-21(18(4)13-15)27-25(31)23-28-24(19-8-10-20(26)11-9-19)30(29-23)22-14-16(2)5-7-17(22)3/h5-14H,1-4H3,(H,27,31). The highest BCUT2D eigenvalue weighted by Gasteiger charge is 2.20. The van der Waals surface area contributed by atoms with Crippen LogP contribution < -0.4 is 5.32 Å². The molecule has 1 aromatic heterocycles. The maximum Gasteiger partial charge on any atom is 0.295 e. The second-order valence-electron chi connectivity index (χ2n) is 7.74. The Morgan fingerprint density at radius 1 is 0.871 bits per heavy atom. The van der Waals surface area contributed by atoms with E-state index in [1.54, 1.807) is 4.68 Å². The molecule has 0 spiro atoms. The lowest BCUT2D eigenvalue weighted by molar-refractivity contribution is 0.101. The molecule has 3 aromatic carbocycles. The average Bonchev–Trinajstić information content (AvgIpc) is 3.18. The topological polar surface area (TPSA) is 59.8 Å². The van der Waals surface area contributed by atoms with Crippen LogP contribution >= 0.6 is 15.9 Å². The molecule has 0 saturated carbocycles. The van der Waals surface area contributed by atoms with Gasteiger partial charge in [-0.15, -0.1) is 5.10 Å². The van der Waals surface area contributed by atoms with Crippen LogP contribution in [0.1, 0.15) is 32.9 Å². The van der Waals surface area contributed by atoms with E-state index in [0.717, 1.165) is 43.7 Å². The fourth-order valence-corrected chi connectivity index (χ4v) is 3.71. The van der Waals surface area contributed by atoms with Crippen molar-refractivity contribution in [1.82, 2.24) is 14.8 Å². The molecule has 0 saturated heterocycles. The largest absolute Gasteiger partial charge is 0.319 e. The van der Waals surface area contributed by atoms with Crippen LogP contribution in [0.15, 0.2) is 65.1 Å². The first-order chi connectivity index (χ1) is 14.8. The summed E-state index contributed by atoms with van der Waals surface area (Å²) in [5.41, 5.74) is 6.83. The molecule has 5 nitrogen and oxygen atoms in total. The number of anilines is 1. The number of halogens is 1. The first-order valence-corrected chi connectivity index (χ1v) is 10.8. The second kappa shape index (κ2) is 8.47. The van der Waals surface area contributed by atoms with Crippen molar-refractivity contribution < 1.29 is 4.79 Å². The molecule has 0 aliphatic carbocycles. The summed E-state index contributed by atoms with van der Waals surface area (Å²) in [5, 5.41) is 7.55. The zero-order valence-corrected chi connectivity index (χ0v) is 19.5. The third-order valence-corrected chi connectivity index (χ3v) is 5.66. The zero-order valence-electron chi connectivity index (χ0n) is 17.9. The van der Waals surface area contributed by atoms with Crippen molar-refractivity contribution in [2.45, 2.75) is 27.7 Å². The lowest BCUT2D eigenvalue weighted by Crippen LogP contribution is -2.15. The molecule has 1 amide bonds. The molecule has 0 aliphatic heterocycles. The molecule has 4 rings (SSSR count). The Kier molecular flexibility index (Phi) is 5.74. The number of hydrogen-bond acceptors (Lipinski definition) is 3. The molecule has 4 aromatic rings. The van der Waals surface area contributed by atoms with Gasteiger partial charge in [0.15, 0.2) is 5.82 Å². The maximum absolute atomic E-state index is 13.0. The minimum absolute atomic E-state index is 0.124. The van der Waals surface area contributed by atoms with E-state index < -0.39 is 0 Å². The smallest absolute Gasteiger partial charge is 0.295 e. The zero-order chi connectivity index (χ0) is 22.1. The van der Waals surface area contributed by atoms with Crippen molar-refractivity contribution in [3.8, 4) is 17.1 Å². The highest BCUT2D eigenvalue weighted by Crippen LogP contribution is 2.26. The molecular weight excluding hydrogens is 452 g/mol. The number of nitrogens with zero attached hydrogens (tertiary/aromatic N) is 3. The molecule has 0 radical (unpaired) electrons. The van der Waals surface area contributed by atoms with Gasteiger partial charge in [-0.05, 0) is 68.7 Å². The van der Waals surface area contributed by atoms with Gasteiger partial charge < -0.3 is 5.32 Å². The van der Waals surface area contributed by atoms with Crippen LogP contribution in [0, 0.1) is 27.7 Å². The molecular formula is C25H23BrN4O. The second-order valence-corrected chi connectivity index (χ2v) is 8.66. The third kappa shape index (κ3) is 4.44. The number of nitrogens with one attached hydrogen (secondary N) is 1. The number of rotatable bonds is 4. The van der Waals surface area contributed by atoms with Crippen LogP contribution in [-0.2, 0) is 0 Å². The number of aromatic nitrogens is 3. The summed E-state index contributed by atoms with van der Waals surface area (Å²) >= 11 is 3.47. The summed E-state index contributed by atoms with van der Waals surface area (Å²) < 4.78 is 2.73. The van der Waals surface area contributed by atoms with Crippen LogP contribution in [0.25, 0.3) is 17.1 Å². The highest BCUT2D eigenvalue weighted by molar-refractivity contribution is 9.10. The fourth-order valence-electron chi connectivity index (χ4n) is 3.44. The first kappa shape index (κ1) is 21.0. The lowest BCUT2D eigenvalue weighted by atomic mass is 10.1. The molecule has 1 heterocycles. The quantitative estimate of drug-likeness (QED) is 0.383. The summed E-state index contributed by atoms with van der Waals surface area (Å²) in [7, 11) is 0. The Labute approximate surface area is 190 Å². The van der Waals surface area contributed by atoms with Gasteiger partial charge in [0.05, 0.1) is 5.69 Å². The number of aryl methyl sites for hydroxylation is 4. The van der Waals surface area contributed by atoms with Crippen molar-refractivity contribution in [2.24, 2.45) is 0 Å². The van der Waals surface area contributed by atoms with E-state index in [-0.39, 0.29) is 11.7 Å². The van der Waals surface area contributed by atoms with Crippen LogP contribution in [0.3, 0.4) is 0 Å². The van der Waals surface area contributed by atoms with Crippen molar-refractivity contribution in [1.29, 1.82) is 0 Å². The van der Waals surface area contributed by atoms with E-state index in [0.29, 0.717) is 5.82 Å². The van der Waals surface area contributed by atoms with Crippen LogP contribution in [0.4, 0.5) is 5.69 Å². The Bertz CT molecular complexity index is 1280. The van der Waals surface area contributed by atoms with Gasteiger partial charge in [-0.25, -0.2) is 9.67 Å². The molecule has 31 heavy (non-hydrogen) atoms. The molecule has 0 aliphatic rings. The number of hydrogen-bond donors (Lipinski definition) is 1. The molecule has 156 valence electrons. The van der Waals surface area contributed by atoms with Crippen LogP contribution in [0.5, 0.6) is 0 Å². The summed E-state index contributed by atoms with van der Waals surface area (Å²) in [5.74, 6) is 0.403. The molecule has 1 N–H and O–H groups in total. The van der Waals surface area contributed by atoms with E-state index in [1.165, 1.54) is 0 Å². The monoisotopic (exact) mass is 474 g/mol. The van der Waals surface area contributed by atoms with Gasteiger partial charge in [0.1, 0.15) is 0 Å². The van der Waals surface area contributed by atoms with Gasteiger partial charge >= 0.3 is 0 Å². The van der Waals surface area contributed by atoms with Gasteiger partial charge in [0.25, 0.3) is 5.91 Å².